The summed E-state index contributed by atoms with van der Waals surface area (Å²) >= 11 is 6.04. The van der Waals surface area contributed by atoms with Gasteiger partial charge in [-0.15, -0.1) is 13.2 Å². The van der Waals surface area contributed by atoms with Gasteiger partial charge in [0, 0.05) is 18.3 Å². The number of hydrogen-bond donors (Lipinski definition) is 2. The van der Waals surface area contributed by atoms with Gasteiger partial charge in [-0.25, -0.2) is 4.79 Å². The van der Waals surface area contributed by atoms with Crippen molar-refractivity contribution in [2.24, 2.45) is 0 Å². The van der Waals surface area contributed by atoms with E-state index < -0.39 is 42.0 Å². The zero-order chi connectivity index (χ0) is 31.3. The first-order valence-electron chi connectivity index (χ1n) is 12.3. The quantitative estimate of drug-likeness (QED) is 0.174. The molecule has 2 amide bonds. The predicted molar refractivity (Wildman–Crippen MR) is 143 cm³/mol. The Balaban J connectivity index is 1.77. The minimum Gasteiger partial charge on any atom is -0.428 e. The highest BCUT2D eigenvalue weighted by Gasteiger charge is 2.45. The van der Waals surface area contributed by atoms with E-state index in [4.69, 9.17) is 11.6 Å². The second-order valence-electron chi connectivity index (χ2n) is 9.07. The Morgan fingerprint density at radius 1 is 0.837 bits per heavy atom. The van der Waals surface area contributed by atoms with Gasteiger partial charge in [0.1, 0.15) is 17.0 Å². The molecular formula is C29H21ClF7N3O3. The summed E-state index contributed by atoms with van der Waals surface area (Å²) < 4.78 is 99.1. The molecule has 2 N–H and O–H groups in total. The van der Waals surface area contributed by atoms with Crippen molar-refractivity contribution in [1.29, 1.82) is 0 Å². The maximum Gasteiger partial charge on any atom is 0.573 e. The smallest absolute Gasteiger partial charge is 0.428 e. The molecule has 1 unspecified atom stereocenters. The number of amides is 2. The van der Waals surface area contributed by atoms with E-state index in [0.29, 0.717) is 5.56 Å². The van der Waals surface area contributed by atoms with Crippen LogP contribution in [0.2, 0.25) is 5.02 Å². The number of aromatic nitrogens is 1. The lowest BCUT2D eigenvalue weighted by atomic mass is 9.80. The number of halogens is 8. The predicted octanol–water partition coefficient (Wildman–Crippen LogP) is 8.18. The number of nitrogens with zero attached hydrogens (tertiary/aromatic N) is 1. The van der Waals surface area contributed by atoms with E-state index in [1.54, 1.807) is 30.3 Å². The lowest BCUT2D eigenvalue weighted by Gasteiger charge is -2.35. The highest BCUT2D eigenvalue weighted by molar-refractivity contribution is 6.30. The molecule has 0 saturated carbocycles. The third-order valence-electron chi connectivity index (χ3n) is 5.98. The van der Waals surface area contributed by atoms with Crippen molar-refractivity contribution >= 4 is 23.3 Å². The second-order valence-corrected chi connectivity index (χ2v) is 9.51. The first-order chi connectivity index (χ1) is 20.3. The number of hydrogen-bond acceptors (Lipinski definition) is 4. The summed E-state index contributed by atoms with van der Waals surface area (Å²) in [6.07, 6.45) is -12.6. The lowest BCUT2D eigenvalue weighted by Crippen LogP contribution is -2.50. The van der Waals surface area contributed by atoms with Gasteiger partial charge in [-0.3, -0.25) is 4.98 Å². The molecule has 3 aromatic carbocycles. The second kappa shape index (κ2) is 12.8. The third kappa shape index (κ3) is 8.28. The average Bonchev–Trinajstić information content (AvgIpc) is 2.94. The zero-order valence-corrected chi connectivity index (χ0v) is 22.5. The van der Waals surface area contributed by atoms with Gasteiger partial charge in [0.15, 0.2) is 0 Å². The zero-order valence-electron chi connectivity index (χ0n) is 21.7. The Hall–Kier alpha value is -4.52. The minimum absolute atomic E-state index is 0.0249. The van der Waals surface area contributed by atoms with E-state index in [-0.39, 0.29) is 28.4 Å². The normalized spacial score (nSPS) is 13.2. The molecule has 43 heavy (non-hydrogen) atoms. The number of carbonyl (C=O) groups excluding carboxylic acids is 1. The summed E-state index contributed by atoms with van der Waals surface area (Å²) in [5, 5.41) is 5.53. The van der Waals surface area contributed by atoms with E-state index in [0.717, 1.165) is 24.3 Å². The fourth-order valence-electron chi connectivity index (χ4n) is 4.17. The largest absolute Gasteiger partial charge is 0.573 e. The van der Waals surface area contributed by atoms with Crippen LogP contribution in [0, 0.1) is 0 Å². The molecule has 0 aliphatic heterocycles. The van der Waals surface area contributed by atoms with Crippen LogP contribution in [0.1, 0.15) is 16.8 Å². The van der Waals surface area contributed by atoms with Gasteiger partial charge in [-0.1, -0.05) is 54.1 Å². The van der Waals surface area contributed by atoms with E-state index in [9.17, 15) is 35.5 Å². The maximum absolute atomic E-state index is 13.8. The van der Waals surface area contributed by atoms with Crippen LogP contribution in [0.15, 0.2) is 97.2 Å². The Morgan fingerprint density at radius 2 is 1.53 bits per heavy atom. The molecule has 0 fully saturated rings. The van der Waals surface area contributed by atoms with Crippen LogP contribution in [0.3, 0.4) is 0 Å². The Bertz CT molecular complexity index is 1520. The molecule has 0 bridgehead atoms. The Labute approximate surface area is 245 Å². The average molecular weight is 628 g/mol. The van der Waals surface area contributed by atoms with Crippen LogP contribution in [-0.2, 0) is 12.0 Å². The molecule has 1 atom stereocenters. The number of ether oxygens (including phenoxy) is 2. The molecule has 0 aliphatic rings. The van der Waals surface area contributed by atoms with Crippen LogP contribution in [0.25, 0.3) is 0 Å². The van der Waals surface area contributed by atoms with Crippen molar-refractivity contribution in [2.45, 2.75) is 30.9 Å². The van der Waals surface area contributed by atoms with E-state index >= 15 is 0 Å². The molecule has 0 saturated heterocycles. The van der Waals surface area contributed by atoms with Crippen molar-refractivity contribution in [3.63, 3.8) is 0 Å². The van der Waals surface area contributed by atoms with E-state index in [2.05, 4.69) is 25.1 Å². The van der Waals surface area contributed by atoms with Crippen molar-refractivity contribution in [1.82, 2.24) is 10.3 Å². The summed E-state index contributed by atoms with van der Waals surface area (Å²) in [4.78, 5) is 17.8. The van der Waals surface area contributed by atoms with Crippen molar-refractivity contribution in [2.75, 3.05) is 5.32 Å². The lowest BCUT2D eigenvalue weighted by molar-refractivity contribution is -0.274. The van der Waals surface area contributed by atoms with Gasteiger partial charge < -0.3 is 20.1 Å². The molecule has 4 rings (SSSR count). The van der Waals surface area contributed by atoms with Crippen LogP contribution >= 0.6 is 11.6 Å². The minimum atomic E-state index is -4.91. The molecular weight excluding hydrogens is 607 g/mol. The fraction of sp³-hybridized carbons (Fsp3) is 0.172. The summed E-state index contributed by atoms with van der Waals surface area (Å²) in [5.41, 5.74) is -0.606. The highest BCUT2D eigenvalue weighted by atomic mass is 35.5. The topological polar surface area (TPSA) is 72.5 Å². The molecule has 1 heterocycles. The standard InChI is InChI=1S/C29H21ClF7N3O3/c30-20-9-14-24(38-17-20)27(16-18-5-2-1-3-6-18,19-7-4-8-23(15-19)42-28(33,34)25(31)32)40-26(41)39-21-10-12-22(13-11-21)43-29(35,36)37/h1-15,17,25H,16H2,(H2,39,40,41). The Kier molecular flexibility index (Phi) is 9.34. The van der Waals surface area contributed by atoms with Crippen LogP contribution < -0.4 is 20.1 Å². The maximum atomic E-state index is 13.8. The molecule has 0 aliphatic carbocycles. The van der Waals surface area contributed by atoms with Crippen LogP contribution in [0.5, 0.6) is 11.5 Å². The van der Waals surface area contributed by atoms with Crippen LogP contribution in [0.4, 0.5) is 41.2 Å². The van der Waals surface area contributed by atoms with Crippen molar-refractivity contribution < 1.29 is 45.0 Å². The van der Waals surface area contributed by atoms with Gasteiger partial charge in [0.05, 0.1) is 10.7 Å². The van der Waals surface area contributed by atoms with Crippen molar-refractivity contribution in [3.8, 4) is 11.5 Å². The molecule has 0 radical (unpaired) electrons. The SMILES string of the molecule is O=C(Nc1ccc(OC(F)(F)F)cc1)NC(Cc1ccccc1)(c1cccc(OC(F)(F)C(F)F)c1)c1ccc(Cl)cn1. The number of nitrogens with one attached hydrogen (secondary N) is 2. The Morgan fingerprint density at radius 3 is 2.14 bits per heavy atom. The number of anilines is 1. The summed E-state index contributed by atoms with van der Waals surface area (Å²) in [7, 11) is 0. The van der Waals surface area contributed by atoms with E-state index in [1.165, 1.54) is 42.6 Å². The van der Waals surface area contributed by atoms with Gasteiger partial charge in [-0.05, 0) is 59.7 Å². The molecule has 6 nitrogen and oxygen atoms in total. The first kappa shape index (κ1) is 31.4. The third-order valence-corrected chi connectivity index (χ3v) is 6.21. The number of alkyl halides is 7. The van der Waals surface area contributed by atoms with Crippen LogP contribution in [-0.4, -0.2) is 29.9 Å². The number of benzene rings is 3. The van der Waals surface area contributed by atoms with Gasteiger partial charge in [-0.2, -0.15) is 17.6 Å². The molecule has 14 heteroatoms. The first-order valence-corrected chi connectivity index (χ1v) is 12.7. The number of urea groups is 1. The number of carbonyl (C=O) groups is 1. The summed E-state index contributed by atoms with van der Waals surface area (Å²) in [5.74, 6) is -1.13. The van der Waals surface area contributed by atoms with Gasteiger partial charge >= 0.3 is 24.9 Å². The molecule has 1 aromatic heterocycles. The molecule has 226 valence electrons. The number of pyridine rings is 1. The number of rotatable bonds is 10. The van der Waals surface area contributed by atoms with Crippen molar-refractivity contribution in [3.05, 3.63) is 119 Å². The highest BCUT2D eigenvalue weighted by Crippen LogP contribution is 2.37. The summed E-state index contributed by atoms with van der Waals surface area (Å²) in [6.45, 7) is 0. The molecule has 0 spiro atoms. The van der Waals surface area contributed by atoms with E-state index in [1.807, 2.05) is 0 Å². The van der Waals surface area contributed by atoms with Gasteiger partial charge in [0.25, 0.3) is 0 Å². The monoisotopic (exact) mass is 627 g/mol. The summed E-state index contributed by atoms with van der Waals surface area (Å²) in [6, 6.07) is 19.9. The fourth-order valence-corrected chi connectivity index (χ4v) is 4.29. The molecule has 4 aromatic rings. The van der Waals surface area contributed by atoms with Gasteiger partial charge in [0.2, 0.25) is 0 Å².